The number of morpholine rings is 1. The summed E-state index contributed by atoms with van der Waals surface area (Å²) >= 11 is 0. The third-order valence-corrected chi connectivity index (χ3v) is 4.44. The molecule has 3 heterocycles. The summed E-state index contributed by atoms with van der Waals surface area (Å²) in [6.07, 6.45) is 0.102. The van der Waals surface area contributed by atoms with Gasteiger partial charge in [-0.1, -0.05) is 6.07 Å². The van der Waals surface area contributed by atoms with Crippen molar-refractivity contribution in [3.05, 3.63) is 34.9 Å². The number of nitrogens with one attached hydrogen (secondary N) is 1. The average Bonchev–Trinajstić information content (AvgIpc) is 2.88. The number of cyclic esters (lactones) is 1. The molecule has 2 atom stereocenters. The number of ether oxygens (including phenoxy) is 2. The van der Waals surface area contributed by atoms with Crippen molar-refractivity contribution in [3.63, 3.8) is 0 Å². The number of nitrogens with zero attached hydrogens (tertiary/aromatic N) is 1. The summed E-state index contributed by atoms with van der Waals surface area (Å²) in [7, 11) is 0. The first-order valence-electron chi connectivity index (χ1n) is 7.17. The third-order valence-electron chi connectivity index (χ3n) is 4.44. The Hall–Kier alpha value is -1.43. The summed E-state index contributed by atoms with van der Waals surface area (Å²) in [6, 6.07) is 6.43. The van der Waals surface area contributed by atoms with E-state index in [4.69, 9.17) is 9.47 Å². The minimum atomic E-state index is -0.210. The minimum Gasteiger partial charge on any atom is -0.457 e. The zero-order valence-corrected chi connectivity index (χ0v) is 11.3. The third kappa shape index (κ3) is 2.02. The Morgan fingerprint density at radius 2 is 2.30 bits per heavy atom. The highest BCUT2D eigenvalue weighted by Crippen LogP contribution is 2.29. The van der Waals surface area contributed by atoms with Crippen molar-refractivity contribution in [2.75, 3.05) is 32.8 Å². The fourth-order valence-corrected chi connectivity index (χ4v) is 3.26. The van der Waals surface area contributed by atoms with Crippen LogP contribution in [0.1, 0.15) is 27.6 Å². The number of esters is 1. The summed E-state index contributed by atoms with van der Waals surface area (Å²) in [5.74, 6) is -0.210. The van der Waals surface area contributed by atoms with Gasteiger partial charge in [0, 0.05) is 37.8 Å². The predicted molar refractivity (Wildman–Crippen MR) is 72.5 cm³/mol. The molecule has 20 heavy (non-hydrogen) atoms. The topological polar surface area (TPSA) is 50.8 Å². The van der Waals surface area contributed by atoms with E-state index in [1.54, 1.807) is 0 Å². The molecular formula is C15H18N2O3. The molecule has 0 saturated carbocycles. The SMILES string of the molecule is O=C1OCc2cc([C@@H]3CN4CCNC[C@H]4CO3)ccc21. The monoisotopic (exact) mass is 274 g/mol. The minimum absolute atomic E-state index is 0.102. The molecule has 3 aliphatic rings. The van der Waals surface area contributed by atoms with Crippen molar-refractivity contribution < 1.29 is 14.3 Å². The van der Waals surface area contributed by atoms with E-state index in [-0.39, 0.29) is 12.1 Å². The van der Waals surface area contributed by atoms with Crippen molar-refractivity contribution in [2.45, 2.75) is 18.8 Å². The highest BCUT2D eigenvalue weighted by atomic mass is 16.5. The number of hydrogen-bond donors (Lipinski definition) is 1. The Morgan fingerprint density at radius 1 is 1.35 bits per heavy atom. The van der Waals surface area contributed by atoms with Gasteiger partial charge in [0.15, 0.2) is 0 Å². The van der Waals surface area contributed by atoms with Gasteiger partial charge >= 0.3 is 5.97 Å². The Bertz CT molecular complexity index is 546. The van der Waals surface area contributed by atoms with Crippen LogP contribution < -0.4 is 5.32 Å². The van der Waals surface area contributed by atoms with Crippen LogP contribution in [0.2, 0.25) is 0 Å². The molecule has 0 aromatic heterocycles. The number of hydrogen-bond acceptors (Lipinski definition) is 5. The quantitative estimate of drug-likeness (QED) is 0.764. The first kappa shape index (κ1) is 12.3. The maximum Gasteiger partial charge on any atom is 0.338 e. The molecule has 0 amide bonds. The molecule has 0 bridgehead atoms. The van der Waals surface area contributed by atoms with E-state index in [1.807, 2.05) is 12.1 Å². The number of fused-ring (bicyclic) bond motifs is 2. The molecule has 1 aromatic carbocycles. The molecule has 0 aliphatic carbocycles. The smallest absolute Gasteiger partial charge is 0.338 e. The first-order chi connectivity index (χ1) is 9.81. The van der Waals surface area contributed by atoms with Gasteiger partial charge in [-0.2, -0.15) is 0 Å². The largest absolute Gasteiger partial charge is 0.457 e. The number of benzene rings is 1. The Morgan fingerprint density at radius 3 is 3.25 bits per heavy atom. The van der Waals surface area contributed by atoms with Crippen molar-refractivity contribution in [3.8, 4) is 0 Å². The van der Waals surface area contributed by atoms with E-state index >= 15 is 0 Å². The highest BCUT2D eigenvalue weighted by molar-refractivity contribution is 5.93. The van der Waals surface area contributed by atoms with Crippen LogP contribution in [-0.2, 0) is 16.1 Å². The second kappa shape index (κ2) is 4.84. The lowest BCUT2D eigenvalue weighted by atomic mass is 10.00. The highest BCUT2D eigenvalue weighted by Gasteiger charge is 2.32. The van der Waals surface area contributed by atoms with Crippen LogP contribution in [0.25, 0.3) is 0 Å². The van der Waals surface area contributed by atoms with E-state index in [2.05, 4.69) is 16.3 Å². The normalized spacial score (nSPS) is 29.7. The Kier molecular flexibility index (Phi) is 2.98. The standard InChI is InChI=1S/C15H18N2O3/c18-15-13-2-1-10(5-11(13)8-20-15)14-7-17-4-3-16-6-12(17)9-19-14/h1-2,5,12,14,16H,3-4,6-9H2/t12-,14-/m0/s1. The second-order valence-corrected chi connectivity index (χ2v) is 5.67. The van der Waals surface area contributed by atoms with Crippen LogP contribution >= 0.6 is 0 Å². The lowest BCUT2D eigenvalue weighted by molar-refractivity contribution is -0.0718. The van der Waals surface area contributed by atoms with Gasteiger partial charge in [-0.05, 0) is 17.7 Å². The average molecular weight is 274 g/mol. The summed E-state index contributed by atoms with van der Waals surface area (Å²) in [5.41, 5.74) is 2.84. The summed E-state index contributed by atoms with van der Waals surface area (Å²) in [5, 5.41) is 3.40. The van der Waals surface area contributed by atoms with Gasteiger partial charge in [-0.15, -0.1) is 0 Å². The lowest BCUT2D eigenvalue weighted by Gasteiger charge is -2.42. The molecule has 5 heteroatoms. The van der Waals surface area contributed by atoms with Crippen LogP contribution in [0, 0.1) is 0 Å². The van der Waals surface area contributed by atoms with Crippen molar-refractivity contribution in [2.24, 2.45) is 0 Å². The molecule has 1 N–H and O–H groups in total. The van der Waals surface area contributed by atoms with Crippen LogP contribution in [0.4, 0.5) is 0 Å². The molecule has 106 valence electrons. The molecule has 3 aliphatic heterocycles. The van der Waals surface area contributed by atoms with Gasteiger partial charge in [-0.3, -0.25) is 4.90 Å². The van der Waals surface area contributed by atoms with Gasteiger partial charge in [0.25, 0.3) is 0 Å². The van der Waals surface area contributed by atoms with E-state index in [9.17, 15) is 4.79 Å². The van der Waals surface area contributed by atoms with E-state index in [0.717, 1.165) is 43.9 Å². The molecule has 5 nitrogen and oxygen atoms in total. The number of carbonyl (C=O) groups is 1. The van der Waals surface area contributed by atoms with Crippen molar-refractivity contribution in [1.82, 2.24) is 10.2 Å². The van der Waals surface area contributed by atoms with Gasteiger partial charge in [-0.25, -0.2) is 4.79 Å². The van der Waals surface area contributed by atoms with E-state index < -0.39 is 0 Å². The van der Waals surface area contributed by atoms with Crippen LogP contribution in [0.15, 0.2) is 18.2 Å². The zero-order valence-electron chi connectivity index (χ0n) is 11.3. The lowest BCUT2D eigenvalue weighted by Crippen LogP contribution is -2.57. The Labute approximate surface area is 117 Å². The fraction of sp³-hybridized carbons (Fsp3) is 0.533. The van der Waals surface area contributed by atoms with Gasteiger partial charge in [0.1, 0.15) is 6.61 Å². The molecule has 4 rings (SSSR count). The maximum absolute atomic E-state index is 11.5. The molecule has 0 spiro atoms. The van der Waals surface area contributed by atoms with E-state index in [0.29, 0.717) is 18.2 Å². The molecular weight excluding hydrogens is 256 g/mol. The predicted octanol–water partition coefficient (Wildman–Crippen LogP) is 0.702. The molecule has 0 radical (unpaired) electrons. The summed E-state index contributed by atoms with van der Waals surface area (Å²) in [6.45, 7) is 5.24. The molecule has 1 aromatic rings. The van der Waals surface area contributed by atoms with Crippen LogP contribution in [-0.4, -0.2) is 49.7 Å². The molecule has 2 fully saturated rings. The zero-order chi connectivity index (χ0) is 13.5. The van der Waals surface area contributed by atoms with Crippen molar-refractivity contribution >= 4 is 5.97 Å². The van der Waals surface area contributed by atoms with Crippen molar-refractivity contribution in [1.29, 1.82) is 0 Å². The number of carbonyl (C=O) groups excluding carboxylic acids is 1. The summed E-state index contributed by atoms with van der Waals surface area (Å²) in [4.78, 5) is 14.0. The first-order valence-corrected chi connectivity index (χ1v) is 7.17. The molecule has 2 saturated heterocycles. The number of rotatable bonds is 1. The second-order valence-electron chi connectivity index (χ2n) is 5.67. The van der Waals surface area contributed by atoms with E-state index in [1.165, 1.54) is 0 Å². The van der Waals surface area contributed by atoms with Gasteiger partial charge in [0.05, 0.1) is 18.3 Å². The van der Waals surface area contributed by atoms with Gasteiger partial charge in [0.2, 0.25) is 0 Å². The summed E-state index contributed by atoms with van der Waals surface area (Å²) < 4.78 is 11.1. The van der Waals surface area contributed by atoms with Crippen LogP contribution in [0.5, 0.6) is 0 Å². The van der Waals surface area contributed by atoms with Gasteiger partial charge < -0.3 is 14.8 Å². The maximum atomic E-state index is 11.5. The Balaban J connectivity index is 1.55. The fourth-order valence-electron chi connectivity index (χ4n) is 3.26. The number of piperazine rings is 1. The molecule has 0 unspecified atom stereocenters. The van der Waals surface area contributed by atoms with Crippen LogP contribution in [0.3, 0.4) is 0 Å².